The Labute approximate surface area is 159 Å². The van der Waals surface area contributed by atoms with Crippen molar-refractivity contribution in [3.8, 4) is 0 Å². The molecule has 1 aromatic rings. The fourth-order valence-corrected chi connectivity index (χ4v) is 3.66. The topological polar surface area (TPSA) is 79.0 Å². The number of ether oxygens (including phenoxy) is 1. The van der Waals surface area contributed by atoms with Gasteiger partial charge in [-0.3, -0.25) is 24.2 Å². The molecule has 0 aromatic heterocycles. The molecule has 1 aromatic carbocycles. The van der Waals surface area contributed by atoms with Gasteiger partial charge in [0.1, 0.15) is 0 Å². The molecule has 1 N–H and O–H groups in total. The normalized spacial score (nSPS) is 18.7. The van der Waals surface area contributed by atoms with Gasteiger partial charge in [-0.25, -0.2) is 0 Å². The van der Waals surface area contributed by atoms with Gasteiger partial charge >= 0.3 is 0 Å². The molecule has 7 nitrogen and oxygen atoms in total. The van der Waals surface area contributed by atoms with Crippen molar-refractivity contribution in [1.82, 2.24) is 15.1 Å². The van der Waals surface area contributed by atoms with Crippen molar-refractivity contribution in [3.05, 3.63) is 35.4 Å². The molecule has 1 atom stereocenters. The summed E-state index contributed by atoms with van der Waals surface area (Å²) < 4.78 is 5.40. The van der Waals surface area contributed by atoms with Crippen molar-refractivity contribution in [2.24, 2.45) is 5.92 Å². The van der Waals surface area contributed by atoms with E-state index in [1.54, 1.807) is 24.3 Å². The van der Waals surface area contributed by atoms with Crippen LogP contribution in [0.15, 0.2) is 24.3 Å². The van der Waals surface area contributed by atoms with Crippen molar-refractivity contribution >= 4 is 17.7 Å². The predicted octanol–water partition coefficient (Wildman–Crippen LogP) is 1.15. The fraction of sp³-hybridized carbons (Fsp3) is 0.550. The van der Waals surface area contributed by atoms with Gasteiger partial charge in [0.15, 0.2) is 0 Å². The minimum atomic E-state index is -0.322. The van der Waals surface area contributed by atoms with E-state index in [4.69, 9.17) is 4.74 Å². The molecule has 2 heterocycles. The van der Waals surface area contributed by atoms with Gasteiger partial charge < -0.3 is 10.1 Å². The molecular weight excluding hydrogens is 346 g/mol. The Morgan fingerprint density at radius 2 is 1.70 bits per heavy atom. The van der Waals surface area contributed by atoms with Crippen LogP contribution in [0.5, 0.6) is 0 Å². The number of hydrogen-bond acceptors (Lipinski definition) is 5. The zero-order valence-corrected chi connectivity index (χ0v) is 15.9. The number of imide groups is 1. The lowest BCUT2D eigenvalue weighted by Crippen LogP contribution is -2.51. The number of fused-ring (bicyclic) bond motifs is 1. The van der Waals surface area contributed by atoms with Crippen molar-refractivity contribution in [2.75, 3.05) is 39.4 Å². The summed E-state index contributed by atoms with van der Waals surface area (Å²) >= 11 is 0. The Bertz CT molecular complexity index is 678. The molecule has 1 fully saturated rings. The molecule has 2 aliphatic rings. The van der Waals surface area contributed by atoms with Gasteiger partial charge in [-0.1, -0.05) is 26.0 Å². The summed E-state index contributed by atoms with van der Waals surface area (Å²) in [6.07, 6.45) is 0.111. The van der Waals surface area contributed by atoms with E-state index in [1.165, 1.54) is 0 Å². The monoisotopic (exact) mass is 373 g/mol. The smallest absolute Gasteiger partial charge is 0.261 e. The lowest BCUT2D eigenvalue weighted by molar-refractivity contribution is -0.121. The second-order valence-corrected chi connectivity index (χ2v) is 7.32. The van der Waals surface area contributed by atoms with E-state index in [0.717, 1.165) is 31.2 Å². The molecule has 27 heavy (non-hydrogen) atoms. The first-order valence-corrected chi connectivity index (χ1v) is 9.52. The predicted molar refractivity (Wildman–Crippen MR) is 100 cm³/mol. The van der Waals surface area contributed by atoms with Crippen molar-refractivity contribution < 1.29 is 19.1 Å². The van der Waals surface area contributed by atoms with Crippen LogP contribution in [-0.4, -0.2) is 73.0 Å². The van der Waals surface area contributed by atoms with Crippen LogP contribution < -0.4 is 5.32 Å². The summed E-state index contributed by atoms with van der Waals surface area (Å²) in [4.78, 5) is 40.5. The maximum Gasteiger partial charge on any atom is 0.261 e. The number of nitrogens with one attached hydrogen (secondary N) is 1. The van der Waals surface area contributed by atoms with Crippen LogP contribution in [0.2, 0.25) is 0 Å². The Morgan fingerprint density at radius 1 is 1.11 bits per heavy atom. The molecule has 2 aliphatic heterocycles. The Morgan fingerprint density at radius 3 is 2.26 bits per heavy atom. The first-order chi connectivity index (χ1) is 13.0. The van der Waals surface area contributed by atoms with Gasteiger partial charge in [-0.15, -0.1) is 0 Å². The van der Waals surface area contributed by atoms with E-state index in [1.807, 2.05) is 0 Å². The maximum atomic E-state index is 12.3. The van der Waals surface area contributed by atoms with Crippen LogP contribution in [0.1, 0.15) is 41.0 Å². The van der Waals surface area contributed by atoms with Gasteiger partial charge in [0, 0.05) is 38.6 Å². The highest BCUT2D eigenvalue weighted by molar-refractivity contribution is 6.21. The fourth-order valence-electron chi connectivity index (χ4n) is 3.66. The zero-order chi connectivity index (χ0) is 19.4. The first-order valence-electron chi connectivity index (χ1n) is 9.52. The van der Waals surface area contributed by atoms with E-state index in [-0.39, 0.29) is 36.7 Å². The molecule has 3 amide bonds. The van der Waals surface area contributed by atoms with Gasteiger partial charge in [0.2, 0.25) is 5.91 Å². The number of amides is 3. The molecule has 146 valence electrons. The molecule has 0 bridgehead atoms. The van der Waals surface area contributed by atoms with Gasteiger partial charge in [-0.2, -0.15) is 0 Å². The standard InChI is InChI=1S/C20H27N3O4/c1-14(2)17(22-9-11-27-12-10-22)13-21-18(24)7-8-23-19(25)15-5-3-4-6-16(15)20(23)26/h3-6,14,17H,7-13H2,1-2H3,(H,21,24). The largest absolute Gasteiger partial charge is 0.379 e. The Kier molecular flexibility index (Phi) is 6.23. The van der Waals surface area contributed by atoms with Crippen LogP contribution in [0.3, 0.4) is 0 Å². The minimum Gasteiger partial charge on any atom is -0.379 e. The van der Waals surface area contributed by atoms with Crippen molar-refractivity contribution in [1.29, 1.82) is 0 Å². The number of benzene rings is 1. The summed E-state index contributed by atoms with van der Waals surface area (Å²) in [6.45, 7) is 8.12. The molecule has 0 spiro atoms. The summed E-state index contributed by atoms with van der Waals surface area (Å²) in [7, 11) is 0. The molecule has 0 aliphatic carbocycles. The molecular formula is C20H27N3O4. The van der Waals surface area contributed by atoms with E-state index in [9.17, 15) is 14.4 Å². The van der Waals surface area contributed by atoms with Crippen LogP contribution >= 0.6 is 0 Å². The highest BCUT2D eigenvalue weighted by atomic mass is 16.5. The van der Waals surface area contributed by atoms with E-state index in [2.05, 4.69) is 24.1 Å². The van der Waals surface area contributed by atoms with E-state index < -0.39 is 0 Å². The molecule has 1 saturated heterocycles. The number of nitrogens with zero attached hydrogens (tertiary/aromatic N) is 2. The lowest BCUT2D eigenvalue weighted by Gasteiger charge is -2.37. The van der Waals surface area contributed by atoms with Crippen molar-refractivity contribution in [2.45, 2.75) is 26.3 Å². The highest BCUT2D eigenvalue weighted by Crippen LogP contribution is 2.22. The van der Waals surface area contributed by atoms with E-state index in [0.29, 0.717) is 23.6 Å². The third-order valence-electron chi connectivity index (χ3n) is 5.23. The maximum absolute atomic E-state index is 12.3. The first kappa shape index (κ1) is 19.5. The van der Waals surface area contributed by atoms with Gasteiger partial charge in [-0.05, 0) is 18.1 Å². The summed E-state index contributed by atoms with van der Waals surface area (Å²) in [6, 6.07) is 7.00. The third kappa shape index (κ3) is 4.36. The number of morpholine rings is 1. The second kappa shape index (κ2) is 8.63. The Balaban J connectivity index is 1.50. The lowest BCUT2D eigenvalue weighted by atomic mass is 10.0. The SMILES string of the molecule is CC(C)C(CNC(=O)CCN1C(=O)c2ccccc2C1=O)N1CCOCC1. The number of rotatable bonds is 7. The molecule has 1 unspecified atom stereocenters. The molecule has 0 saturated carbocycles. The average molecular weight is 373 g/mol. The molecule has 7 heteroatoms. The van der Waals surface area contributed by atoms with Crippen LogP contribution in [0.25, 0.3) is 0 Å². The molecule has 0 radical (unpaired) electrons. The van der Waals surface area contributed by atoms with Crippen molar-refractivity contribution in [3.63, 3.8) is 0 Å². The number of hydrogen-bond donors (Lipinski definition) is 1. The summed E-state index contributed by atoms with van der Waals surface area (Å²) in [5.41, 5.74) is 0.824. The van der Waals surface area contributed by atoms with Crippen LogP contribution in [0.4, 0.5) is 0 Å². The average Bonchev–Trinajstić information content (AvgIpc) is 2.91. The quantitative estimate of drug-likeness (QED) is 0.726. The van der Waals surface area contributed by atoms with Gasteiger partial charge in [0.25, 0.3) is 11.8 Å². The van der Waals surface area contributed by atoms with Crippen LogP contribution in [-0.2, 0) is 9.53 Å². The number of carbonyl (C=O) groups excluding carboxylic acids is 3. The minimum absolute atomic E-state index is 0.0993. The molecule has 3 rings (SSSR count). The highest BCUT2D eigenvalue weighted by Gasteiger charge is 2.35. The summed E-state index contributed by atoms with van der Waals surface area (Å²) in [5, 5.41) is 2.97. The Hall–Kier alpha value is -2.25. The second-order valence-electron chi connectivity index (χ2n) is 7.32. The van der Waals surface area contributed by atoms with E-state index >= 15 is 0 Å². The van der Waals surface area contributed by atoms with Crippen LogP contribution in [0, 0.1) is 5.92 Å². The van der Waals surface area contributed by atoms with Gasteiger partial charge in [0.05, 0.1) is 24.3 Å². The number of carbonyl (C=O) groups is 3. The summed E-state index contributed by atoms with van der Waals surface area (Å²) in [5.74, 6) is -0.390. The zero-order valence-electron chi connectivity index (χ0n) is 15.9. The third-order valence-corrected chi connectivity index (χ3v) is 5.23.